The summed E-state index contributed by atoms with van der Waals surface area (Å²) in [5.41, 5.74) is 10.5. The smallest absolute Gasteiger partial charge is 0.0320 e. The first-order valence-electron chi connectivity index (χ1n) is 6.94. The largest absolute Gasteiger partial charge is 0.399 e. The van der Waals surface area contributed by atoms with Crippen LogP contribution in [-0.4, -0.2) is 0 Å². The highest BCUT2D eigenvalue weighted by Crippen LogP contribution is 2.35. The third-order valence-electron chi connectivity index (χ3n) is 3.63. The second-order valence-corrected chi connectivity index (χ2v) is 5.29. The van der Waals surface area contributed by atoms with E-state index in [1.807, 2.05) is 12.1 Å². The minimum atomic E-state index is 0.825. The molecule has 2 aromatic rings. The molecule has 19 heavy (non-hydrogen) atoms. The summed E-state index contributed by atoms with van der Waals surface area (Å²) in [6.07, 6.45) is 6.33. The van der Waals surface area contributed by atoms with Gasteiger partial charge in [-0.3, -0.25) is 0 Å². The molecule has 0 aliphatic heterocycles. The zero-order valence-electron chi connectivity index (χ0n) is 11.0. The summed E-state index contributed by atoms with van der Waals surface area (Å²) in [4.78, 5) is 0. The molecule has 0 unspecified atom stereocenters. The lowest BCUT2D eigenvalue weighted by Gasteiger charge is -2.09. The Morgan fingerprint density at radius 3 is 2.42 bits per heavy atom. The SMILES string of the molecule is Nc1cccc(/C(=C/CC2CC2)c2ccccc2)c1. The molecule has 3 rings (SSSR count). The number of anilines is 1. The lowest BCUT2D eigenvalue weighted by Crippen LogP contribution is -1.91. The van der Waals surface area contributed by atoms with Crippen LogP contribution in [0.4, 0.5) is 5.69 Å². The molecule has 0 atom stereocenters. The highest BCUT2D eigenvalue weighted by Gasteiger charge is 2.20. The van der Waals surface area contributed by atoms with Gasteiger partial charge in [-0.05, 0) is 54.0 Å². The van der Waals surface area contributed by atoms with Crippen LogP contribution in [0.15, 0.2) is 60.7 Å². The molecule has 0 saturated heterocycles. The summed E-state index contributed by atoms with van der Waals surface area (Å²) >= 11 is 0. The molecule has 2 N–H and O–H groups in total. The Bertz CT molecular complexity index is 580. The van der Waals surface area contributed by atoms with Gasteiger partial charge in [0.05, 0.1) is 0 Å². The van der Waals surface area contributed by atoms with Gasteiger partial charge in [0, 0.05) is 5.69 Å². The quantitative estimate of drug-likeness (QED) is 0.793. The van der Waals surface area contributed by atoms with Crippen molar-refractivity contribution in [1.82, 2.24) is 0 Å². The molecule has 1 heteroatoms. The van der Waals surface area contributed by atoms with Gasteiger partial charge in [-0.2, -0.15) is 0 Å². The number of hydrogen-bond donors (Lipinski definition) is 1. The maximum Gasteiger partial charge on any atom is 0.0320 e. The van der Waals surface area contributed by atoms with Crippen molar-refractivity contribution >= 4 is 11.3 Å². The molecule has 0 aromatic heterocycles. The predicted octanol–water partition coefficient (Wildman–Crippen LogP) is 4.50. The van der Waals surface area contributed by atoms with E-state index < -0.39 is 0 Å². The highest BCUT2D eigenvalue weighted by molar-refractivity contribution is 5.80. The van der Waals surface area contributed by atoms with Gasteiger partial charge in [-0.1, -0.05) is 48.5 Å². The van der Waals surface area contributed by atoms with Gasteiger partial charge in [0.1, 0.15) is 0 Å². The molecule has 1 saturated carbocycles. The fourth-order valence-corrected chi connectivity index (χ4v) is 2.36. The first-order chi connectivity index (χ1) is 9.33. The molecule has 1 nitrogen and oxygen atoms in total. The normalized spacial score (nSPS) is 15.5. The highest BCUT2D eigenvalue weighted by atomic mass is 14.5. The Hall–Kier alpha value is -2.02. The van der Waals surface area contributed by atoms with Gasteiger partial charge in [0.2, 0.25) is 0 Å². The van der Waals surface area contributed by atoms with E-state index in [4.69, 9.17) is 5.73 Å². The van der Waals surface area contributed by atoms with Crippen molar-refractivity contribution in [3.05, 3.63) is 71.8 Å². The van der Waals surface area contributed by atoms with Crippen LogP contribution in [0.5, 0.6) is 0 Å². The molecule has 0 heterocycles. The molecule has 1 fully saturated rings. The molecule has 2 aromatic carbocycles. The summed E-state index contributed by atoms with van der Waals surface area (Å²) < 4.78 is 0. The summed E-state index contributed by atoms with van der Waals surface area (Å²) in [7, 11) is 0. The van der Waals surface area contributed by atoms with Gasteiger partial charge in [0.25, 0.3) is 0 Å². The van der Waals surface area contributed by atoms with E-state index in [2.05, 4.69) is 48.5 Å². The van der Waals surface area contributed by atoms with Crippen LogP contribution >= 0.6 is 0 Å². The number of hydrogen-bond acceptors (Lipinski definition) is 1. The van der Waals surface area contributed by atoms with Gasteiger partial charge < -0.3 is 5.73 Å². The Morgan fingerprint density at radius 2 is 1.74 bits per heavy atom. The van der Waals surface area contributed by atoms with Crippen LogP contribution in [0.3, 0.4) is 0 Å². The second kappa shape index (κ2) is 5.31. The third kappa shape index (κ3) is 3.05. The lowest BCUT2D eigenvalue weighted by atomic mass is 9.96. The molecule has 0 amide bonds. The summed E-state index contributed by atoms with van der Waals surface area (Å²) in [5, 5.41) is 0. The van der Waals surface area contributed by atoms with Crippen molar-refractivity contribution in [3.63, 3.8) is 0 Å². The first-order valence-corrected chi connectivity index (χ1v) is 6.94. The second-order valence-electron chi connectivity index (χ2n) is 5.29. The predicted molar refractivity (Wildman–Crippen MR) is 81.7 cm³/mol. The van der Waals surface area contributed by atoms with Gasteiger partial charge in [0.15, 0.2) is 0 Å². The lowest BCUT2D eigenvalue weighted by molar-refractivity contribution is 0.864. The van der Waals surface area contributed by atoms with Crippen LogP contribution in [0, 0.1) is 5.92 Å². The number of nitrogens with two attached hydrogens (primary N) is 1. The fraction of sp³-hybridized carbons (Fsp3) is 0.222. The zero-order chi connectivity index (χ0) is 13.1. The fourth-order valence-electron chi connectivity index (χ4n) is 2.36. The topological polar surface area (TPSA) is 26.0 Å². The van der Waals surface area contributed by atoms with Crippen molar-refractivity contribution in [3.8, 4) is 0 Å². The first kappa shape index (κ1) is 12.0. The molecule has 1 aliphatic rings. The maximum atomic E-state index is 5.92. The van der Waals surface area contributed by atoms with E-state index in [1.165, 1.54) is 36.0 Å². The minimum absolute atomic E-state index is 0.825. The van der Waals surface area contributed by atoms with Crippen molar-refractivity contribution in [2.24, 2.45) is 5.92 Å². The number of nitrogen functional groups attached to an aromatic ring is 1. The van der Waals surface area contributed by atoms with Crippen molar-refractivity contribution in [2.75, 3.05) is 5.73 Å². The van der Waals surface area contributed by atoms with Crippen LogP contribution in [-0.2, 0) is 0 Å². The molecular weight excluding hydrogens is 230 g/mol. The number of benzene rings is 2. The van der Waals surface area contributed by atoms with E-state index in [1.54, 1.807) is 0 Å². The van der Waals surface area contributed by atoms with Crippen LogP contribution in [0.2, 0.25) is 0 Å². The molecule has 0 spiro atoms. The van der Waals surface area contributed by atoms with Gasteiger partial charge >= 0.3 is 0 Å². The summed E-state index contributed by atoms with van der Waals surface area (Å²) in [6, 6.07) is 18.7. The van der Waals surface area contributed by atoms with Crippen molar-refractivity contribution in [2.45, 2.75) is 19.3 Å². The van der Waals surface area contributed by atoms with E-state index in [-0.39, 0.29) is 0 Å². The summed E-state index contributed by atoms with van der Waals surface area (Å²) in [6.45, 7) is 0. The Balaban J connectivity index is 1.98. The Morgan fingerprint density at radius 1 is 1.00 bits per heavy atom. The summed E-state index contributed by atoms with van der Waals surface area (Å²) in [5.74, 6) is 0.903. The molecule has 0 bridgehead atoms. The zero-order valence-corrected chi connectivity index (χ0v) is 11.0. The maximum absolute atomic E-state index is 5.92. The Kier molecular flexibility index (Phi) is 3.37. The van der Waals surface area contributed by atoms with E-state index in [9.17, 15) is 0 Å². The van der Waals surface area contributed by atoms with Crippen molar-refractivity contribution < 1.29 is 0 Å². The standard InChI is InChI=1S/C18H19N/c19-17-8-4-7-16(13-17)18(12-11-14-9-10-14)15-5-2-1-3-6-15/h1-8,12-14H,9-11,19H2/b18-12+. The average Bonchev–Trinajstić information content (AvgIpc) is 3.25. The van der Waals surface area contributed by atoms with Gasteiger partial charge in [-0.15, -0.1) is 0 Å². The monoisotopic (exact) mass is 249 g/mol. The Labute approximate surface area is 114 Å². The van der Waals surface area contributed by atoms with Crippen LogP contribution in [0.1, 0.15) is 30.4 Å². The number of allylic oxidation sites excluding steroid dienone is 1. The number of rotatable bonds is 4. The molecule has 1 aliphatic carbocycles. The molecular formula is C18H19N. The molecule has 0 radical (unpaired) electrons. The molecule has 96 valence electrons. The van der Waals surface area contributed by atoms with Crippen LogP contribution in [0.25, 0.3) is 5.57 Å². The van der Waals surface area contributed by atoms with Crippen LogP contribution < -0.4 is 5.73 Å². The van der Waals surface area contributed by atoms with Gasteiger partial charge in [-0.25, -0.2) is 0 Å². The minimum Gasteiger partial charge on any atom is -0.399 e. The van der Waals surface area contributed by atoms with Crippen molar-refractivity contribution in [1.29, 1.82) is 0 Å². The average molecular weight is 249 g/mol. The third-order valence-corrected chi connectivity index (χ3v) is 3.63. The van der Waals surface area contributed by atoms with E-state index in [0.717, 1.165) is 11.6 Å². The van der Waals surface area contributed by atoms with E-state index in [0.29, 0.717) is 0 Å². The van der Waals surface area contributed by atoms with E-state index >= 15 is 0 Å².